The van der Waals surface area contributed by atoms with Gasteiger partial charge >= 0.3 is 5.69 Å². The molecule has 6 nitrogen and oxygen atoms in total. The summed E-state index contributed by atoms with van der Waals surface area (Å²) in [6.45, 7) is 9.17. The Balaban J connectivity index is 1.82. The van der Waals surface area contributed by atoms with Gasteiger partial charge in [0, 0.05) is 6.54 Å². The van der Waals surface area contributed by atoms with Crippen LogP contribution in [-0.4, -0.2) is 19.5 Å². The average Bonchev–Trinajstić information content (AvgIpc) is 2.74. The maximum absolute atomic E-state index is 12.5. The molecular weight excluding hydrogens is 388 g/mol. The number of benzene rings is 2. The highest BCUT2D eigenvalue weighted by atomic mass is 16.2. The van der Waals surface area contributed by atoms with Crippen LogP contribution in [0.4, 0.5) is 0 Å². The molecule has 0 radical (unpaired) electrons. The van der Waals surface area contributed by atoms with Crippen LogP contribution in [0.5, 0.6) is 0 Å². The lowest BCUT2D eigenvalue weighted by atomic mass is 9.92. The standard InChI is InChI=1S/C25H28N4O2/c1-5-17(18-8-6-16(4)7-9-18)12-13-29-21-11-10-19(15(2)3)14-20(21)26-22-23(29)27-25(31)28-24(22)30/h6-11,14-15,17H,5,12-13H2,1-4H3,(H,28,30,31). The van der Waals surface area contributed by atoms with Crippen molar-refractivity contribution in [2.75, 3.05) is 0 Å². The van der Waals surface area contributed by atoms with E-state index in [1.54, 1.807) is 0 Å². The lowest BCUT2D eigenvalue weighted by Crippen LogP contribution is -2.29. The first-order valence-corrected chi connectivity index (χ1v) is 10.9. The summed E-state index contributed by atoms with van der Waals surface area (Å²) in [5.41, 5.74) is 4.39. The summed E-state index contributed by atoms with van der Waals surface area (Å²) in [5, 5.41) is 0. The zero-order valence-electron chi connectivity index (χ0n) is 18.5. The summed E-state index contributed by atoms with van der Waals surface area (Å²) in [6, 6.07) is 14.8. The Morgan fingerprint density at radius 3 is 2.39 bits per heavy atom. The van der Waals surface area contributed by atoms with E-state index in [0.717, 1.165) is 29.4 Å². The highest BCUT2D eigenvalue weighted by Gasteiger charge is 2.20. The monoisotopic (exact) mass is 416 g/mol. The van der Waals surface area contributed by atoms with E-state index < -0.39 is 11.2 Å². The van der Waals surface area contributed by atoms with Crippen LogP contribution in [0.2, 0.25) is 0 Å². The smallest absolute Gasteiger partial charge is 0.322 e. The number of fused-ring (bicyclic) bond motifs is 2. The molecule has 1 N–H and O–H groups in total. The predicted molar refractivity (Wildman–Crippen MR) is 124 cm³/mol. The number of aryl methyl sites for hydroxylation is 2. The Kier molecular flexibility index (Phi) is 5.72. The molecule has 1 unspecified atom stereocenters. The molecule has 0 spiro atoms. The predicted octanol–water partition coefficient (Wildman–Crippen LogP) is 4.60. The number of aromatic nitrogens is 4. The van der Waals surface area contributed by atoms with E-state index in [2.05, 4.69) is 73.0 Å². The Hall–Kier alpha value is -3.28. The molecule has 160 valence electrons. The van der Waals surface area contributed by atoms with Crippen LogP contribution in [0, 0.1) is 6.92 Å². The van der Waals surface area contributed by atoms with Crippen molar-refractivity contribution in [3.8, 4) is 11.5 Å². The van der Waals surface area contributed by atoms with Gasteiger partial charge in [-0.15, -0.1) is 0 Å². The second-order valence-corrected chi connectivity index (χ2v) is 8.51. The van der Waals surface area contributed by atoms with E-state index in [-0.39, 0.29) is 5.69 Å². The maximum atomic E-state index is 12.5. The number of rotatable bonds is 6. The second kappa shape index (κ2) is 8.46. The molecule has 0 bridgehead atoms. The van der Waals surface area contributed by atoms with E-state index in [0.29, 0.717) is 24.2 Å². The molecule has 2 aliphatic rings. The van der Waals surface area contributed by atoms with E-state index in [1.807, 2.05) is 16.7 Å². The third-order valence-corrected chi connectivity index (χ3v) is 6.04. The molecule has 1 atom stereocenters. The lowest BCUT2D eigenvalue weighted by molar-refractivity contribution is 0.540. The molecule has 2 aliphatic heterocycles. The fourth-order valence-corrected chi connectivity index (χ4v) is 4.13. The highest BCUT2D eigenvalue weighted by Crippen LogP contribution is 2.28. The normalized spacial score (nSPS) is 12.7. The second-order valence-electron chi connectivity index (χ2n) is 8.51. The third kappa shape index (κ3) is 4.15. The van der Waals surface area contributed by atoms with Crippen LogP contribution in [0.1, 0.15) is 62.1 Å². The highest BCUT2D eigenvalue weighted by molar-refractivity contribution is 5.80. The summed E-state index contributed by atoms with van der Waals surface area (Å²) in [4.78, 5) is 35.4. The van der Waals surface area contributed by atoms with Crippen LogP contribution in [0.15, 0.2) is 52.1 Å². The fourth-order valence-electron chi connectivity index (χ4n) is 4.13. The van der Waals surface area contributed by atoms with Crippen LogP contribution in [0.25, 0.3) is 22.6 Å². The number of aromatic amines is 1. The number of hydrogen-bond acceptors (Lipinski definition) is 4. The fraction of sp³-hybridized carbons (Fsp3) is 0.360. The maximum Gasteiger partial charge on any atom is 0.349 e. The SMILES string of the molecule is CCC(CCn1c2nc(=O)[nH]c(=O)c-2nc2cc(C(C)C)ccc21)c1ccc(C)cc1. The molecule has 4 rings (SSSR count). The van der Waals surface area contributed by atoms with Crippen molar-refractivity contribution >= 4 is 11.0 Å². The first-order chi connectivity index (χ1) is 14.9. The third-order valence-electron chi connectivity index (χ3n) is 6.04. The summed E-state index contributed by atoms with van der Waals surface area (Å²) in [6.07, 6.45) is 1.87. The Morgan fingerprint density at radius 2 is 1.71 bits per heavy atom. The summed E-state index contributed by atoms with van der Waals surface area (Å²) >= 11 is 0. The first kappa shape index (κ1) is 21.0. The Labute approximate surface area is 181 Å². The van der Waals surface area contributed by atoms with E-state index in [4.69, 9.17) is 0 Å². The molecule has 2 aromatic rings. The molecular formula is C25H28N4O2. The van der Waals surface area contributed by atoms with Gasteiger partial charge in [0.05, 0.1) is 11.0 Å². The topological polar surface area (TPSA) is 80.6 Å². The van der Waals surface area contributed by atoms with E-state index >= 15 is 0 Å². The van der Waals surface area contributed by atoms with Gasteiger partial charge in [-0.1, -0.05) is 56.7 Å². The molecule has 2 heterocycles. The molecule has 31 heavy (non-hydrogen) atoms. The van der Waals surface area contributed by atoms with Crippen molar-refractivity contribution in [2.45, 2.75) is 58.9 Å². The minimum atomic E-state index is -0.642. The zero-order valence-corrected chi connectivity index (χ0v) is 18.5. The van der Waals surface area contributed by atoms with Gasteiger partial charge in [-0.05, 0) is 54.9 Å². The Morgan fingerprint density at radius 1 is 1.00 bits per heavy atom. The molecule has 0 aromatic heterocycles. The van der Waals surface area contributed by atoms with Crippen LogP contribution < -0.4 is 11.2 Å². The van der Waals surface area contributed by atoms with Crippen molar-refractivity contribution in [2.24, 2.45) is 0 Å². The largest absolute Gasteiger partial charge is 0.349 e. The number of H-pyrrole nitrogens is 1. The summed E-state index contributed by atoms with van der Waals surface area (Å²) < 4.78 is 1.98. The van der Waals surface area contributed by atoms with Gasteiger partial charge in [-0.2, -0.15) is 4.98 Å². The number of nitrogens with zero attached hydrogens (tertiary/aromatic N) is 3. The molecule has 0 fully saturated rings. The zero-order chi connectivity index (χ0) is 22.1. The minimum absolute atomic E-state index is 0.205. The molecule has 0 saturated carbocycles. The van der Waals surface area contributed by atoms with Gasteiger partial charge in [0.2, 0.25) is 0 Å². The van der Waals surface area contributed by atoms with Crippen LogP contribution in [-0.2, 0) is 6.54 Å². The van der Waals surface area contributed by atoms with Gasteiger partial charge in [0.15, 0.2) is 11.5 Å². The van der Waals surface area contributed by atoms with Crippen molar-refractivity contribution in [3.05, 3.63) is 80.0 Å². The van der Waals surface area contributed by atoms with Gasteiger partial charge < -0.3 is 4.57 Å². The van der Waals surface area contributed by atoms with Crippen LogP contribution >= 0.6 is 0 Å². The molecule has 0 aliphatic carbocycles. The first-order valence-electron chi connectivity index (χ1n) is 10.9. The molecule has 2 aromatic carbocycles. The van der Waals surface area contributed by atoms with Crippen molar-refractivity contribution in [1.82, 2.24) is 19.5 Å². The van der Waals surface area contributed by atoms with Gasteiger partial charge in [-0.25, -0.2) is 9.78 Å². The van der Waals surface area contributed by atoms with Crippen molar-refractivity contribution in [1.29, 1.82) is 0 Å². The van der Waals surface area contributed by atoms with E-state index in [1.165, 1.54) is 11.1 Å². The Bertz CT molecular complexity index is 1300. The lowest BCUT2D eigenvalue weighted by Gasteiger charge is -2.21. The number of hydrogen-bond donors (Lipinski definition) is 1. The average molecular weight is 417 g/mol. The van der Waals surface area contributed by atoms with Crippen molar-refractivity contribution in [3.63, 3.8) is 0 Å². The number of nitrogens with one attached hydrogen (secondary N) is 1. The minimum Gasteiger partial charge on any atom is -0.322 e. The summed E-state index contributed by atoms with van der Waals surface area (Å²) in [5.74, 6) is 1.06. The van der Waals surface area contributed by atoms with Gasteiger partial charge in [0.25, 0.3) is 5.56 Å². The quantitative estimate of drug-likeness (QED) is 0.466. The van der Waals surface area contributed by atoms with Gasteiger partial charge in [-0.3, -0.25) is 9.78 Å². The van der Waals surface area contributed by atoms with Gasteiger partial charge in [0.1, 0.15) is 0 Å². The summed E-state index contributed by atoms with van der Waals surface area (Å²) in [7, 11) is 0. The molecule has 0 amide bonds. The van der Waals surface area contributed by atoms with Crippen LogP contribution in [0.3, 0.4) is 0 Å². The van der Waals surface area contributed by atoms with E-state index in [9.17, 15) is 9.59 Å². The van der Waals surface area contributed by atoms with Crippen molar-refractivity contribution < 1.29 is 0 Å². The molecule has 6 heteroatoms. The molecule has 0 saturated heterocycles.